The van der Waals surface area contributed by atoms with E-state index in [-0.39, 0.29) is 11.3 Å². The molecule has 0 bridgehead atoms. The molecule has 0 aromatic heterocycles. The van der Waals surface area contributed by atoms with Crippen LogP contribution in [0.2, 0.25) is 0 Å². The highest BCUT2D eigenvalue weighted by molar-refractivity contribution is 5.77. The van der Waals surface area contributed by atoms with Crippen LogP contribution in [0.3, 0.4) is 0 Å². The van der Waals surface area contributed by atoms with Crippen LogP contribution < -0.4 is 9.47 Å². The number of methoxy groups -OCH3 is 1. The van der Waals surface area contributed by atoms with Gasteiger partial charge in [0.25, 0.3) is 0 Å². The molecule has 0 spiro atoms. The van der Waals surface area contributed by atoms with Gasteiger partial charge in [-0.15, -0.1) is 0 Å². The van der Waals surface area contributed by atoms with Gasteiger partial charge in [-0.25, -0.2) is 4.39 Å². The lowest BCUT2D eigenvalue weighted by Gasteiger charge is -2.29. The average molecular weight is 479 g/mol. The minimum Gasteiger partial charge on any atom is -0.494 e. The van der Waals surface area contributed by atoms with Gasteiger partial charge in [-0.3, -0.25) is 0 Å². The topological polar surface area (TPSA) is 18.5 Å². The molecule has 0 saturated heterocycles. The third-order valence-electron chi connectivity index (χ3n) is 7.37. The molecule has 1 aliphatic carbocycles. The Bertz CT molecular complexity index is 1120. The first kappa shape index (κ1) is 25.2. The monoisotopic (exact) mass is 478 g/mol. The second kappa shape index (κ2) is 11.7. The lowest BCUT2D eigenvalue weighted by Crippen LogP contribution is -2.13. The van der Waals surface area contributed by atoms with E-state index in [9.17, 15) is 8.78 Å². The van der Waals surface area contributed by atoms with Crippen LogP contribution in [0.1, 0.15) is 70.3 Å². The second-order valence-electron chi connectivity index (χ2n) is 9.57. The Balaban J connectivity index is 1.54. The SMILES string of the molecule is CCCCC1CCC(c2ccc(-c3ccc(-c4ccc(OC)c(F)c4F)c(OCC)c3)cc2)CC1. The lowest BCUT2D eigenvalue weighted by molar-refractivity contribution is 0.304. The molecule has 4 heteroatoms. The predicted molar refractivity (Wildman–Crippen MR) is 139 cm³/mol. The van der Waals surface area contributed by atoms with Gasteiger partial charge in [0.15, 0.2) is 11.6 Å². The highest BCUT2D eigenvalue weighted by Gasteiger charge is 2.22. The molecule has 35 heavy (non-hydrogen) atoms. The number of benzene rings is 3. The minimum atomic E-state index is -0.994. The third kappa shape index (κ3) is 5.69. The summed E-state index contributed by atoms with van der Waals surface area (Å²) in [6.45, 7) is 4.58. The van der Waals surface area contributed by atoms with Gasteiger partial charge in [-0.2, -0.15) is 4.39 Å². The van der Waals surface area contributed by atoms with Crippen molar-refractivity contribution in [2.45, 2.75) is 64.7 Å². The Kier molecular flexibility index (Phi) is 8.43. The number of ether oxygens (including phenoxy) is 2. The maximum absolute atomic E-state index is 14.8. The zero-order valence-corrected chi connectivity index (χ0v) is 21.1. The van der Waals surface area contributed by atoms with Gasteiger partial charge in [0, 0.05) is 11.1 Å². The summed E-state index contributed by atoms with van der Waals surface area (Å²) >= 11 is 0. The van der Waals surface area contributed by atoms with Crippen LogP contribution >= 0.6 is 0 Å². The minimum absolute atomic E-state index is 0.115. The third-order valence-corrected chi connectivity index (χ3v) is 7.37. The van der Waals surface area contributed by atoms with Crippen molar-refractivity contribution in [1.29, 1.82) is 0 Å². The standard InChI is InChI=1S/C31H36F2O2/c1-4-6-7-21-8-10-22(11-9-21)23-12-14-24(15-13-23)25-16-17-26(29(20-25)35-5-2)27-18-19-28(34-3)31(33)30(27)32/h12-22H,4-11H2,1-3H3. The molecule has 0 aliphatic heterocycles. The Labute approximate surface area is 208 Å². The Morgan fingerprint density at radius 1 is 0.771 bits per heavy atom. The van der Waals surface area contributed by atoms with E-state index in [4.69, 9.17) is 9.47 Å². The molecular formula is C31H36F2O2. The number of hydrogen-bond donors (Lipinski definition) is 0. The van der Waals surface area contributed by atoms with Crippen LogP contribution in [-0.4, -0.2) is 13.7 Å². The van der Waals surface area contributed by atoms with E-state index >= 15 is 0 Å². The van der Waals surface area contributed by atoms with Crippen LogP contribution in [0.15, 0.2) is 54.6 Å². The fourth-order valence-corrected chi connectivity index (χ4v) is 5.32. The van der Waals surface area contributed by atoms with Crippen molar-refractivity contribution < 1.29 is 18.3 Å². The van der Waals surface area contributed by atoms with Gasteiger partial charge >= 0.3 is 0 Å². The molecule has 1 saturated carbocycles. The maximum atomic E-state index is 14.8. The number of unbranched alkanes of at least 4 members (excludes halogenated alkanes) is 1. The van der Waals surface area contributed by atoms with Gasteiger partial charge in [-0.05, 0) is 85.4 Å². The van der Waals surface area contributed by atoms with Crippen molar-refractivity contribution in [1.82, 2.24) is 0 Å². The van der Waals surface area contributed by atoms with Gasteiger partial charge < -0.3 is 9.47 Å². The zero-order valence-electron chi connectivity index (χ0n) is 21.1. The van der Waals surface area contributed by atoms with E-state index in [1.54, 1.807) is 6.07 Å². The molecule has 1 aliphatic rings. The maximum Gasteiger partial charge on any atom is 0.201 e. The Morgan fingerprint density at radius 3 is 2.11 bits per heavy atom. The Morgan fingerprint density at radius 2 is 1.46 bits per heavy atom. The number of rotatable bonds is 9. The molecule has 0 radical (unpaired) electrons. The largest absolute Gasteiger partial charge is 0.494 e. The first-order valence-corrected chi connectivity index (χ1v) is 12.9. The van der Waals surface area contributed by atoms with Gasteiger partial charge in [0.1, 0.15) is 5.75 Å². The van der Waals surface area contributed by atoms with Gasteiger partial charge in [-0.1, -0.05) is 56.5 Å². The molecule has 3 aromatic rings. The van der Waals surface area contributed by atoms with Gasteiger partial charge in [0.05, 0.1) is 13.7 Å². The summed E-state index contributed by atoms with van der Waals surface area (Å²) in [6.07, 6.45) is 9.27. The number of hydrogen-bond acceptors (Lipinski definition) is 2. The summed E-state index contributed by atoms with van der Waals surface area (Å²) in [5.74, 6) is 0.0397. The van der Waals surface area contributed by atoms with Crippen LogP contribution in [0, 0.1) is 17.6 Å². The fourth-order valence-electron chi connectivity index (χ4n) is 5.32. The molecule has 0 atom stereocenters. The summed E-state index contributed by atoms with van der Waals surface area (Å²) in [4.78, 5) is 0. The molecule has 0 amide bonds. The quantitative estimate of drug-likeness (QED) is 0.305. The molecular weight excluding hydrogens is 442 g/mol. The van der Waals surface area contributed by atoms with Crippen LogP contribution in [0.25, 0.3) is 22.3 Å². The van der Waals surface area contributed by atoms with Crippen molar-refractivity contribution in [2.24, 2.45) is 5.92 Å². The molecule has 3 aromatic carbocycles. The van der Waals surface area contributed by atoms with Crippen molar-refractivity contribution in [3.63, 3.8) is 0 Å². The summed E-state index contributed by atoms with van der Waals surface area (Å²) in [5, 5.41) is 0. The van der Waals surface area contributed by atoms with E-state index in [0.717, 1.165) is 17.0 Å². The molecule has 2 nitrogen and oxygen atoms in total. The average Bonchev–Trinajstić information content (AvgIpc) is 2.90. The summed E-state index contributed by atoms with van der Waals surface area (Å²) < 4.78 is 39.9. The first-order valence-electron chi connectivity index (χ1n) is 12.9. The van der Waals surface area contributed by atoms with Crippen molar-refractivity contribution >= 4 is 0 Å². The zero-order chi connectivity index (χ0) is 24.8. The normalized spacial score (nSPS) is 17.9. The van der Waals surface area contributed by atoms with Crippen molar-refractivity contribution in [3.05, 3.63) is 71.8 Å². The van der Waals surface area contributed by atoms with Crippen molar-refractivity contribution in [3.8, 4) is 33.8 Å². The molecule has 1 fully saturated rings. The smallest absolute Gasteiger partial charge is 0.201 e. The van der Waals surface area contributed by atoms with E-state index < -0.39 is 11.6 Å². The Hall–Kier alpha value is -2.88. The molecule has 186 valence electrons. The molecule has 4 rings (SSSR count). The van der Waals surface area contributed by atoms with Crippen LogP contribution in [0.5, 0.6) is 11.5 Å². The molecule has 0 N–H and O–H groups in total. The van der Waals surface area contributed by atoms with Crippen LogP contribution in [0.4, 0.5) is 8.78 Å². The van der Waals surface area contributed by atoms with Crippen LogP contribution in [-0.2, 0) is 0 Å². The van der Waals surface area contributed by atoms with E-state index in [1.807, 2.05) is 19.1 Å². The predicted octanol–water partition coefficient (Wildman–Crippen LogP) is 9.17. The summed E-state index contributed by atoms with van der Waals surface area (Å²) in [5.41, 5.74) is 4.16. The second-order valence-corrected chi connectivity index (χ2v) is 9.57. The van der Waals surface area contributed by atoms with E-state index in [1.165, 1.54) is 69.8 Å². The fraction of sp³-hybridized carbons (Fsp3) is 0.419. The molecule has 0 heterocycles. The van der Waals surface area contributed by atoms with E-state index in [2.05, 4.69) is 31.2 Å². The highest BCUT2D eigenvalue weighted by Crippen LogP contribution is 2.40. The summed E-state index contributed by atoms with van der Waals surface area (Å²) in [7, 11) is 1.32. The first-order chi connectivity index (χ1) is 17.0. The number of halogens is 2. The van der Waals surface area contributed by atoms with Gasteiger partial charge in [0.2, 0.25) is 5.82 Å². The van der Waals surface area contributed by atoms with Crippen molar-refractivity contribution in [2.75, 3.05) is 13.7 Å². The lowest BCUT2D eigenvalue weighted by atomic mass is 9.77. The van der Waals surface area contributed by atoms with E-state index in [0.29, 0.717) is 23.8 Å². The highest BCUT2D eigenvalue weighted by atomic mass is 19.2. The summed E-state index contributed by atoms with van der Waals surface area (Å²) in [6, 6.07) is 17.4. The molecule has 0 unspecified atom stereocenters.